The van der Waals surface area contributed by atoms with Gasteiger partial charge in [-0.25, -0.2) is 4.57 Å². The van der Waals surface area contributed by atoms with E-state index in [0.717, 1.165) is 70.6 Å². The summed E-state index contributed by atoms with van der Waals surface area (Å²) < 4.78 is 23.7. The molecule has 0 heterocycles. The summed E-state index contributed by atoms with van der Waals surface area (Å²) in [7, 11) is 1.58. The molecule has 0 aliphatic carbocycles. The average Bonchev–Trinajstić information content (AvgIpc) is 3.41. The van der Waals surface area contributed by atoms with Gasteiger partial charge in [-0.2, -0.15) is 0 Å². The van der Waals surface area contributed by atoms with E-state index in [1.54, 1.807) is 6.08 Å². The lowest BCUT2D eigenvalue weighted by atomic mass is 10.0. The zero-order chi connectivity index (χ0) is 57.0. The van der Waals surface area contributed by atoms with E-state index in [1.807, 2.05) is 27.2 Å². The quantitative estimate of drug-likeness (QED) is 0.0243. The third kappa shape index (κ3) is 61.6. The highest BCUT2D eigenvalue weighted by Crippen LogP contribution is 2.43. The van der Waals surface area contributed by atoms with Gasteiger partial charge in [0.2, 0.25) is 5.91 Å². The number of nitrogens with zero attached hydrogens (tertiary/aromatic N) is 1. The largest absolute Gasteiger partial charge is 0.472 e. The summed E-state index contributed by atoms with van der Waals surface area (Å²) in [5.74, 6) is -0.173. The number of likely N-dealkylation sites (N-methyl/N-ethyl adjacent to an activating group) is 1. The molecule has 0 aliphatic heterocycles. The Kier molecular flexibility index (Phi) is 58.0. The summed E-state index contributed by atoms with van der Waals surface area (Å²) in [4.78, 5) is 23.3. The van der Waals surface area contributed by atoms with Crippen molar-refractivity contribution in [1.82, 2.24) is 5.32 Å². The van der Waals surface area contributed by atoms with Crippen molar-refractivity contribution in [2.45, 2.75) is 321 Å². The first-order valence-corrected chi connectivity index (χ1v) is 34.8. The second kappa shape index (κ2) is 59.6. The number of hydrogen-bond acceptors (Lipinski definition) is 5. The van der Waals surface area contributed by atoms with Gasteiger partial charge in [-0.05, 0) is 64.2 Å². The van der Waals surface area contributed by atoms with E-state index in [2.05, 4.69) is 79.9 Å². The van der Waals surface area contributed by atoms with Gasteiger partial charge in [-0.1, -0.05) is 311 Å². The number of unbranched alkanes of at least 4 members (excludes halogenated alkanes) is 38. The number of allylic oxidation sites excluding steroid dienone is 11. The average molecular weight is 1110 g/mol. The topological polar surface area (TPSA) is 105 Å². The van der Waals surface area contributed by atoms with E-state index < -0.39 is 20.0 Å². The summed E-state index contributed by atoms with van der Waals surface area (Å²) in [6.45, 7) is 4.73. The van der Waals surface area contributed by atoms with E-state index in [1.165, 1.54) is 218 Å². The number of phosphoric acid groups is 1. The van der Waals surface area contributed by atoms with Crippen LogP contribution in [0.25, 0.3) is 0 Å². The van der Waals surface area contributed by atoms with Crippen LogP contribution in [0.2, 0.25) is 0 Å². The van der Waals surface area contributed by atoms with Crippen molar-refractivity contribution < 1.29 is 32.9 Å². The lowest BCUT2D eigenvalue weighted by Crippen LogP contribution is -2.45. The number of phosphoric ester groups is 1. The molecule has 1 amide bonds. The van der Waals surface area contributed by atoms with E-state index >= 15 is 0 Å². The number of aliphatic hydroxyl groups excluding tert-OH is 1. The Balaban J connectivity index is 3.89. The van der Waals surface area contributed by atoms with Crippen LogP contribution in [0.3, 0.4) is 0 Å². The standard InChI is InChI=1S/C69H129N2O6P/c1-6-8-10-12-14-16-18-20-22-23-24-25-26-27-28-29-30-31-32-33-34-35-36-37-38-39-40-41-42-43-44-45-46-47-49-51-53-55-57-59-61-63-69(73)70-67(66-77-78(74,75)76-65-64-71(3,4)5)68(72)62-60-58-56-54-52-50-48-21-19-17-15-13-11-9-7-2/h8,10,14,16,20,22,24-25,27-28,60,62,67-68,72H,6-7,9,11-13,15,17-19,21,23,26,29-59,61,63-66H2,1-5H3,(H-,70,73,74,75)/p+1/b10-8-,16-14-,22-20-,25-24-,28-27-,62-60+. The van der Waals surface area contributed by atoms with Gasteiger partial charge >= 0.3 is 7.82 Å². The molecule has 3 atom stereocenters. The van der Waals surface area contributed by atoms with Gasteiger partial charge in [0.1, 0.15) is 13.2 Å². The monoisotopic (exact) mass is 1110 g/mol. The Labute approximate surface area is 484 Å². The molecule has 0 spiro atoms. The smallest absolute Gasteiger partial charge is 0.387 e. The van der Waals surface area contributed by atoms with E-state index in [-0.39, 0.29) is 19.1 Å². The molecule has 0 aromatic carbocycles. The molecule has 8 nitrogen and oxygen atoms in total. The van der Waals surface area contributed by atoms with Gasteiger partial charge in [-0.3, -0.25) is 13.8 Å². The number of hydrogen-bond donors (Lipinski definition) is 3. The molecule has 456 valence electrons. The molecule has 9 heteroatoms. The Morgan fingerprint density at radius 2 is 0.769 bits per heavy atom. The predicted molar refractivity (Wildman–Crippen MR) is 341 cm³/mol. The SMILES string of the molecule is CC/C=C\C/C=C\C/C=C\C/C=C\C/C=C\CCCCCCCCCCCCCCCCCCCCCCCCCCCC(=O)NC(COP(=O)(O)OCC[N+](C)(C)C)C(O)/C=C/CCCCCCCCCCCCCCC. The van der Waals surface area contributed by atoms with Gasteiger partial charge in [0.15, 0.2) is 0 Å². The molecular weight excluding hydrogens is 984 g/mol. The van der Waals surface area contributed by atoms with Crippen molar-refractivity contribution in [3.8, 4) is 0 Å². The molecule has 0 bridgehead atoms. The minimum Gasteiger partial charge on any atom is -0.387 e. The van der Waals surface area contributed by atoms with Crippen LogP contribution in [0.5, 0.6) is 0 Å². The first-order valence-electron chi connectivity index (χ1n) is 33.3. The van der Waals surface area contributed by atoms with Crippen LogP contribution in [0.15, 0.2) is 72.9 Å². The number of nitrogens with one attached hydrogen (secondary N) is 1. The van der Waals surface area contributed by atoms with E-state index in [0.29, 0.717) is 17.4 Å². The van der Waals surface area contributed by atoms with Crippen molar-refractivity contribution >= 4 is 13.7 Å². The maximum atomic E-state index is 13.0. The summed E-state index contributed by atoms with van der Waals surface area (Å²) >= 11 is 0. The molecule has 0 radical (unpaired) electrons. The molecule has 3 N–H and O–H groups in total. The number of quaternary nitrogens is 1. The van der Waals surface area contributed by atoms with Gasteiger partial charge in [0.25, 0.3) is 0 Å². The lowest BCUT2D eigenvalue weighted by Gasteiger charge is -2.25. The molecule has 0 fully saturated rings. The van der Waals surface area contributed by atoms with Gasteiger partial charge in [0, 0.05) is 6.42 Å². The fourth-order valence-corrected chi connectivity index (χ4v) is 10.5. The first kappa shape index (κ1) is 75.9. The molecule has 3 unspecified atom stereocenters. The fraction of sp³-hybridized carbons (Fsp3) is 0.812. The summed E-state index contributed by atoms with van der Waals surface area (Å²) in [6, 6.07) is -0.846. The van der Waals surface area contributed by atoms with Crippen LogP contribution < -0.4 is 5.32 Å². The maximum absolute atomic E-state index is 13.0. The molecule has 0 aliphatic rings. The minimum atomic E-state index is -4.35. The van der Waals surface area contributed by atoms with Crippen molar-refractivity contribution in [3.05, 3.63) is 72.9 Å². The molecule has 0 aromatic rings. The Morgan fingerprint density at radius 3 is 1.13 bits per heavy atom. The van der Waals surface area contributed by atoms with Crippen LogP contribution in [0, 0.1) is 0 Å². The molecule has 0 saturated heterocycles. The van der Waals surface area contributed by atoms with Crippen molar-refractivity contribution in [2.24, 2.45) is 0 Å². The highest BCUT2D eigenvalue weighted by Gasteiger charge is 2.28. The minimum absolute atomic E-state index is 0.0623. The number of carbonyl (C=O) groups is 1. The zero-order valence-corrected chi connectivity index (χ0v) is 53.0. The molecule has 0 aromatic heterocycles. The third-order valence-corrected chi connectivity index (χ3v) is 15.9. The lowest BCUT2D eigenvalue weighted by molar-refractivity contribution is -0.870. The molecule has 0 saturated carbocycles. The van der Waals surface area contributed by atoms with E-state index in [4.69, 9.17) is 9.05 Å². The molecular formula is C69H130N2O6P+. The molecule has 0 rings (SSSR count). The van der Waals surface area contributed by atoms with Crippen LogP contribution >= 0.6 is 7.82 Å². The maximum Gasteiger partial charge on any atom is 0.472 e. The van der Waals surface area contributed by atoms with Crippen LogP contribution in [0.4, 0.5) is 0 Å². The summed E-state index contributed by atoms with van der Waals surface area (Å²) in [6.07, 6.45) is 83.3. The number of amides is 1. The van der Waals surface area contributed by atoms with Crippen molar-refractivity contribution in [2.75, 3.05) is 40.9 Å². The third-order valence-electron chi connectivity index (χ3n) is 14.9. The highest BCUT2D eigenvalue weighted by atomic mass is 31.2. The second-order valence-electron chi connectivity index (χ2n) is 23.8. The highest BCUT2D eigenvalue weighted by molar-refractivity contribution is 7.47. The van der Waals surface area contributed by atoms with Crippen molar-refractivity contribution in [1.29, 1.82) is 0 Å². The van der Waals surface area contributed by atoms with Crippen LogP contribution in [0.1, 0.15) is 309 Å². The van der Waals surface area contributed by atoms with E-state index in [9.17, 15) is 19.4 Å². The summed E-state index contributed by atoms with van der Waals surface area (Å²) in [5, 5.41) is 13.9. The normalized spacial score (nSPS) is 14.2. The van der Waals surface area contributed by atoms with Gasteiger partial charge in [0.05, 0.1) is 39.9 Å². The number of carbonyl (C=O) groups excluding carboxylic acids is 1. The number of rotatable bonds is 61. The van der Waals surface area contributed by atoms with Crippen LogP contribution in [-0.2, 0) is 18.4 Å². The molecule has 78 heavy (non-hydrogen) atoms. The Bertz CT molecular complexity index is 1500. The van der Waals surface area contributed by atoms with Crippen LogP contribution in [-0.4, -0.2) is 73.4 Å². The Hall–Kier alpha value is -2.06. The fourth-order valence-electron chi connectivity index (χ4n) is 9.78. The second-order valence-corrected chi connectivity index (χ2v) is 25.3. The van der Waals surface area contributed by atoms with Crippen molar-refractivity contribution in [3.63, 3.8) is 0 Å². The Morgan fingerprint density at radius 1 is 0.449 bits per heavy atom. The number of aliphatic hydroxyl groups is 1. The van der Waals surface area contributed by atoms with Gasteiger partial charge in [-0.15, -0.1) is 0 Å². The van der Waals surface area contributed by atoms with Gasteiger partial charge < -0.3 is 19.8 Å². The first-order chi connectivity index (χ1) is 38.0. The summed E-state index contributed by atoms with van der Waals surface area (Å²) in [5.41, 5.74) is 0. The zero-order valence-electron chi connectivity index (χ0n) is 52.2. The predicted octanol–water partition coefficient (Wildman–Crippen LogP) is 21.0.